The molecular weight excluding hydrogens is 208 g/mol. The van der Waals surface area contributed by atoms with E-state index in [1.165, 1.54) is 50.5 Å². The fourth-order valence-electron chi connectivity index (χ4n) is 2.19. The highest BCUT2D eigenvalue weighted by Crippen LogP contribution is 2.20. The molecule has 0 saturated heterocycles. The van der Waals surface area contributed by atoms with Gasteiger partial charge in [-0.05, 0) is 31.4 Å². The summed E-state index contributed by atoms with van der Waals surface area (Å²) >= 11 is 0. The van der Waals surface area contributed by atoms with Crippen LogP contribution in [0.3, 0.4) is 0 Å². The lowest BCUT2D eigenvalue weighted by molar-refractivity contribution is 0.465. The molecule has 1 rings (SSSR count). The summed E-state index contributed by atoms with van der Waals surface area (Å²) in [6.07, 6.45) is 10.3. The van der Waals surface area contributed by atoms with Crippen LogP contribution in [0.5, 0.6) is 5.75 Å². The predicted molar refractivity (Wildman–Crippen MR) is 74.5 cm³/mol. The number of hydrogen-bond donors (Lipinski definition) is 1. The molecule has 0 aromatic heterocycles. The lowest BCUT2D eigenvalue weighted by Gasteiger charge is -2.06. The maximum atomic E-state index is 9.71. The van der Waals surface area contributed by atoms with Gasteiger partial charge in [0.2, 0.25) is 0 Å². The molecule has 1 N–H and O–H groups in total. The Labute approximate surface area is 106 Å². The van der Waals surface area contributed by atoms with Gasteiger partial charge in [0.1, 0.15) is 5.75 Å². The van der Waals surface area contributed by atoms with Crippen LogP contribution in [0.15, 0.2) is 18.2 Å². The Morgan fingerprint density at radius 3 is 2.29 bits per heavy atom. The van der Waals surface area contributed by atoms with Crippen molar-refractivity contribution in [2.45, 2.75) is 65.2 Å². The Morgan fingerprint density at radius 1 is 0.941 bits per heavy atom. The Morgan fingerprint density at radius 2 is 1.59 bits per heavy atom. The normalized spacial score (nSPS) is 10.7. The van der Waals surface area contributed by atoms with Gasteiger partial charge >= 0.3 is 0 Å². The van der Waals surface area contributed by atoms with E-state index in [4.69, 9.17) is 0 Å². The van der Waals surface area contributed by atoms with Crippen molar-refractivity contribution in [3.05, 3.63) is 29.3 Å². The molecule has 1 nitrogen and oxygen atoms in total. The Balaban J connectivity index is 2.15. The molecule has 0 amide bonds. The smallest absolute Gasteiger partial charge is 0.118 e. The SMILES string of the molecule is CCCCCCCCCc1cc(C)ccc1O. The fraction of sp³-hybridized carbons (Fsp3) is 0.625. The van der Waals surface area contributed by atoms with Gasteiger partial charge in [0.15, 0.2) is 0 Å². The average Bonchev–Trinajstić information content (AvgIpc) is 2.32. The fourth-order valence-corrected chi connectivity index (χ4v) is 2.19. The van der Waals surface area contributed by atoms with Gasteiger partial charge in [-0.25, -0.2) is 0 Å². The predicted octanol–water partition coefficient (Wildman–Crippen LogP) is 4.99. The first-order valence-corrected chi connectivity index (χ1v) is 7.02. The standard InChI is InChI=1S/C16H26O/c1-3-4-5-6-7-8-9-10-15-13-14(2)11-12-16(15)17/h11-13,17H,3-10H2,1-2H3. The zero-order valence-corrected chi connectivity index (χ0v) is 11.3. The first kappa shape index (κ1) is 14.1. The van der Waals surface area contributed by atoms with Crippen LogP contribution < -0.4 is 0 Å². The van der Waals surface area contributed by atoms with E-state index in [2.05, 4.69) is 19.9 Å². The highest BCUT2D eigenvalue weighted by Gasteiger charge is 2.00. The lowest BCUT2D eigenvalue weighted by Crippen LogP contribution is -1.88. The largest absolute Gasteiger partial charge is 0.508 e. The van der Waals surface area contributed by atoms with E-state index in [-0.39, 0.29) is 0 Å². The van der Waals surface area contributed by atoms with E-state index in [0.717, 1.165) is 12.0 Å². The molecule has 0 aliphatic rings. The van der Waals surface area contributed by atoms with Crippen LogP contribution in [0, 0.1) is 6.92 Å². The summed E-state index contributed by atoms with van der Waals surface area (Å²) in [6.45, 7) is 4.33. The second kappa shape index (κ2) is 8.16. The van der Waals surface area contributed by atoms with Crippen LogP contribution in [0.4, 0.5) is 0 Å². The first-order chi connectivity index (χ1) is 8.24. The van der Waals surface area contributed by atoms with E-state index >= 15 is 0 Å². The minimum absolute atomic E-state index is 0.460. The summed E-state index contributed by atoms with van der Waals surface area (Å²) in [5.41, 5.74) is 2.35. The molecule has 1 aromatic rings. The van der Waals surface area contributed by atoms with Crippen LogP contribution in [0.2, 0.25) is 0 Å². The second-order valence-electron chi connectivity index (χ2n) is 5.00. The van der Waals surface area contributed by atoms with Gasteiger partial charge in [-0.1, -0.05) is 63.1 Å². The quantitative estimate of drug-likeness (QED) is 0.628. The molecule has 0 unspecified atom stereocenters. The molecule has 0 bridgehead atoms. The monoisotopic (exact) mass is 234 g/mol. The summed E-state index contributed by atoms with van der Waals surface area (Å²) in [4.78, 5) is 0. The number of unbranched alkanes of at least 4 members (excludes halogenated alkanes) is 6. The topological polar surface area (TPSA) is 20.2 Å². The van der Waals surface area contributed by atoms with Crippen molar-refractivity contribution in [3.8, 4) is 5.75 Å². The van der Waals surface area contributed by atoms with Crippen LogP contribution in [-0.2, 0) is 6.42 Å². The minimum atomic E-state index is 0.460. The number of rotatable bonds is 8. The highest BCUT2D eigenvalue weighted by molar-refractivity contribution is 5.35. The average molecular weight is 234 g/mol. The molecule has 1 heteroatoms. The molecule has 0 spiro atoms. The number of phenols is 1. The molecule has 0 aliphatic carbocycles. The van der Waals surface area contributed by atoms with Gasteiger partial charge in [0.05, 0.1) is 0 Å². The second-order valence-corrected chi connectivity index (χ2v) is 5.00. The third-order valence-corrected chi connectivity index (χ3v) is 3.28. The van der Waals surface area contributed by atoms with Gasteiger partial charge in [0.25, 0.3) is 0 Å². The minimum Gasteiger partial charge on any atom is -0.508 e. The van der Waals surface area contributed by atoms with E-state index in [0.29, 0.717) is 5.75 Å². The van der Waals surface area contributed by atoms with Gasteiger partial charge in [-0.3, -0.25) is 0 Å². The molecule has 0 saturated carbocycles. The third-order valence-electron chi connectivity index (χ3n) is 3.28. The molecule has 96 valence electrons. The summed E-state index contributed by atoms with van der Waals surface area (Å²) in [7, 11) is 0. The molecule has 0 fully saturated rings. The van der Waals surface area contributed by atoms with Crippen LogP contribution in [0.25, 0.3) is 0 Å². The summed E-state index contributed by atoms with van der Waals surface area (Å²) < 4.78 is 0. The summed E-state index contributed by atoms with van der Waals surface area (Å²) in [5, 5.41) is 9.71. The van der Waals surface area contributed by atoms with Crippen molar-refractivity contribution in [1.29, 1.82) is 0 Å². The van der Waals surface area contributed by atoms with Gasteiger partial charge < -0.3 is 5.11 Å². The zero-order valence-electron chi connectivity index (χ0n) is 11.3. The van der Waals surface area contributed by atoms with Crippen molar-refractivity contribution in [2.24, 2.45) is 0 Å². The lowest BCUT2D eigenvalue weighted by atomic mass is 10.0. The molecule has 1 aromatic carbocycles. The number of benzene rings is 1. The first-order valence-electron chi connectivity index (χ1n) is 7.02. The molecule has 0 heterocycles. The van der Waals surface area contributed by atoms with Crippen LogP contribution >= 0.6 is 0 Å². The Kier molecular flexibility index (Phi) is 6.76. The maximum Gasteiger partial charge on any atom is 0.118 e. The van der Waals surface area contributed by atoms with Crippen molar-refractivity contribution < 1.29 is 5.11 Å². The molecule has 17 heavy (non-hydrogen) atoms. The Hall–Kier alpha value is -0.980. The highest BCUT2D eigenvalue weighted by atomic mass is 16.3. The van der Waals surface area contributed by atoms with Gasteiger partial charge in [0, 0.05) is 0 Å². The van der Waals surface area contributed by atoms with E-state index in [1.807, 2.05) is 12.1 Å². The summed E-state index contributed by atoms with van der Waals surface area (Å²) in [5.74, 6) is 0.460. The molecule has 0 radical (unpaired) electrons. The third kappa shape index (κ3) is 5.76. The number of aryl methyl sites for hydroxylation is 2. The Bertz CT molecular complexity index is 317. The molecular formula is C16H26O. The molecule has 0 atom stereocenters. The van der Waals surface area contributed by atoms with Crippen molar-refractivity contribution in [1.82, 2.24) is 0 Å². The van der Waals surface area contributed by atoms with Crippen LogP contribution in [-0.4, -0.2) is 5.11 Å². The maximum absolute atomic E-state index is 9.71. The van der Waals surface area contributed by atoms with Crippen molar-refractivity contribution >= 4 is 0 Å². The van der Waals surface area contributed by atoms with Gasteiger partial charge in [-0.15, -0.1) is 0 Å². The van der Waals surface area contributed by atoms with Crippen molar-refractivity contribution in [2.75, 3.05) is 0 Å². The van der Waals surface area contributed by atoms with E-state index in [9.17, 15) is 5.11 Å². The van der Waals surface area contributed by atoms with Crippen LogP contribution in [0.1, 0.15) is 63.0 Å². The number of phenolic OH excluding ortho intramolecular Hbond substituents is 1. The zero-order chi connectivity index (χ0) is 12.5. The van der Waals surface area contributed by atoms with E-state index < -0.39 is 0 Å². The summed E-state index contributed by atoms with van der Waals surface area (Å²) in [6, 6.07) is 5.88. The molecule has 0 aliphatic heterocycles. The number of hydrogen-bond acceptors (Lipinski definition) is 1. The van der Waals surface area contributed by atoms with Crippen molar-refractivity contribution in [3.63, 3.8) is 0 Å². The van der Waals surface area contributed by atoms with E-state index in [1.54, 1.807) is 0 Å². The number of aromatic hydroxyl groups is 1. The van der Waals surface area contributed by atoms with Gasteiger partial charge in [-0.2, -0.15) is 0 Å².